The van der Waals surface area contributed by atoms with Crippen LogP contribution >= 0.6 is 0 Å². The van der Waals surface area contributed by atoms with Crippen LogP contribution in [-0.4, -0.2) is 49.1 Å². The lowest BCUT2D eigenvalue weighted by Crippen LogP contribution is -2.47. The number of pyridine rings is 1. The van der Waals surface area contributed by atoms with Crippen molar-refractivity contribution in [3.63, 3.8) is 0 Å². The third kappa shape index (κ3) is 3.10. The molecule has 1 aliphatic carbocycles. The van der Waals surface area contributed by atoms with Crippen LogP contribution in [0.3, 0.4) is 0 Å². The standard InChI is InChI=1S/C15H23N3O2/c1-18(2)15(7-4-5-8-15)11-17-12-6-9-16-13(10-12)14(19)20-3/h6,9-10H,4-5,7-8,11H2,1-3H3,(H,16,17). The summed E-state index contributed by atoms with van der Waals surface area (Å²) in [6.07, 6.45) is 6.61. The van der Waals surface area contributed by atoms with Gasteiger partial charge < -0.3 is 15.0 Å². The molecule has 0 amide bonds. The van der Waals surface area contributed by atoms with Crippen LogP contribution in [0.4, 0.5) is 5.69 Å². The second-order valence-corrected chi connectivity index (χ2v) is 5.60. The number of carbonyl (C=O) groups is 1. The predicted molar refractivity (Wildman–Crippen MR) is 79.0 cm³/mol. The van der Waals surface area contributed by atoms with Gasteiger partial charge in [-0.2, -0.15) is 0 Å². The lowest BCUT2D eigenvalue weighted by atomic mass is 9.96. The Balaban J connectivity index is 2.05. The topological polar surface area (TPSA) is 54.5 Å². The summed E-state index contributed by atoms with van der Waals surface area (Å²) in [6.45, 7) is 0.880. The lowest BCUT2D eigenvalue weighted by molar-refractivity contribution is 0.0594. The number of hydrogen-bond acceptors (Lipinski definition) is 5. The van der Waals surface area contributed by atoms with Crippen LogP contribution in [0.5, 0.6) is 0 Å². The van der Waals surface area contributed by atoms with Crippen LogP contribution in [-0.2, 0) is 4.74 Å². The van der Waals surface area contributed by atoms with Crippen LogP contribution in [0.1, 0.15) is 36.2 Å². The smallest absolute Gasteiger partial charge is 0.356 e. The van der Waals surface area contributed by atoms with Crippen molar-refractivity contribution in [3.8, 4) is 0 Å². The minimum Gasteiger partial charge on any atom is -0.464 e. The average Bonchev–Trinajstić information content (AvgIpc) is 2.95. The molecule has 0 radical (unpaired) electrons. The van der Waals surface area contributed by atoms with Gasteiger partial charge in [0.2, 0.25) is 0 Å². The van der Waals surface area contributed by atoms with Gasteiger partial charge in [0.1, 0.15) is 5.69 Å². The average molecular weight is 277 g/mol. The molecule has 5 heteroatoms. The van der Waals surface area contributed by atoms with Gasteiger partial charge in [-0.05, 0) is 39.1 Å². The molecule has 110 valence electrons. The van der Waals surface area contributed by atoms with Gasteiger partial charge in [-0.25, -0.2) is 9.78 Å². The van der Waals surface area contributed by atoms with Crippen molar-refractivity contribution >= 4 is 11.7 Å². The normalized spacial score (nSPS) is 17.2. The second-order valence-electron chi connectivity index (χ2n) is 5.60. The van der Waals surface area contributed by atoms with Crippen molar-refractivity contribution in [2.45, 2.75) is 31.2 Å². The maximum atomic E-state index is 11.5. The number of likely N-dealkylation sites (N-methyl/N-ethyl adjacent to an activating group) is 1. The molecular formula is C15H23N3O2. The molecule has 20 heavy (non-hydrogen) atoms. The van der Waals surface area contributed by atoms with Gasteiger partial charge in [-0.3, -0.25) is 0 Å². The highest BCUT2D eigenvalue weighted by atomic mass is 16.5. The highest BCUT2D eigenvalue weighted by Gasteiger charge is 2.35. The third-order valence-corrected chi connectivity index (χ3v) is 4.26. The number of nitrogens with zero attached hydrogens (tertiary/aromatic N) is 2. The quantitative estimate of drug-likeness (QED) is 0.836. The van der Waals surface area contributed by atoms with Crippen molar-refractivity contribution in [1.82, 2.24) is 9.88 Å². The Morgan fingerprint density at radius 2 is 2.15 bits per heavy atom. The number of aromatic nitrogens is 1. The summed E-state index contributed by atoms with van der Waals surface area (Å²) in [5.41, 5.74) is 1.46. The molecule has 5 nitrogen and oxygen atoms in total. The SMILES string of the molecule is COC(=O)c1cc(NCC2(N(C)C)CCCC2)ccn1. The minimum absolute atomic E-state index is 0.217. The van der Waals surface area contributed by atoms with Gasteiger partial charge in [0, 0.05) is 24.0 Å². The van der Waals surface area contributed by atoms with Gasteiger partial charge in [0.15, 0.2) is 0 Å². The van der Waals surface area contributed by atoms with Gasteiger partial charge in [0.25, 0.3) is 0 Å². The fraction of sp³-hybridized carbons (Fsp3) is 0.600. The number of rotatable bonds is 5. The highest BCUT2D eigenvalue weighted by Crippen LogP contribution is 2.33. The molecule has 0 spiro atoms. The fourth-order valence-corrected chi connectivity index (χ4v) is 2.84. The van der Waals surface area contributed by atoms with Gasteiger partial charge in [-0.1, -0.05) is 12.8 Å². The van der Waals surface area contributed by atoms with Crippen LogP contribution < -0.4 is 5.32 Å². The summed E-state index contributed by atoms with van der Waals surface area (Å²) in [4.78, 5) is 17.8. The number of ether oxygens (including phenoxy) is 1. The summed E-state index contributed by atoms with van der Waals surface area (Å²) in [7, 11) is 5.64. The number of esters is 1. The van der Waals surface area contributed by atoms with E-state index < -0.39 is 5.97 Å². The Hall–Kier alpha value is -1.62. The van der Waals surface area contributed by atoms with E-state index in [1.807, 2.05) is 6.07 Å². The number of anilines is 1. The summed E-state index contributed by atoms with van der Waals surface area (Å²) in [6, 6.07) is 3.62. The molecule has 0 bridgehead atoms. The molecule has 0 unspecified atom stereocenters. The first kappa shape index (κ1) is 14.8. The minimum atomic E-state index is -0.406. The zero-order valence-corrected chi connectivity index (χ0v) is 12.5. The molecular weight excluding hydrogens is 254 g/mol. The Kier molecular flexibility index (Phi) is 4.60. The molecule has 1 aromatic rings. The monoisotopic (exact) mass is 277 g/mol. The number of methoxy groups -OCH3 is 1. The van der Waals surface area contributed by atoms with E-state index in [2.05, 4.69) is 34.0 Å². The number of hydrogen-bond donors (Lipinski definition) is 1. The summed E-state index contributed by atoms with van der Waals surface area (Å²) in [5.74, 6) is -0.406. The summed E-state index contributed by atoms with van der Waals surface area (Å²) in [5, 5.41) is 3.44. The molecule has 0 aliphatic heterocycles. The predicted octanol–water partition coefficient (Wildman–Crippen LogP) is 2.15. The van der Waals surface area contributed by atoms with E-state index in [0.717, 1.165) is 12.2 Å². The maximum Gasteiger partial charge on any atom is 0.356 e. The first-order valence-electron chi connectivity index (χ1n) is 7.03. The number of nitrogens with one attached hydrogen (secondary N) is 1. The fourth-order valence-electron chi connectivity index (χ4n) is 2.84. The third-order valence-electron chi connectivity index (χ3n) is 4.26. The van der Waals surface area contributed by atoms with E-state index in [1.54, 1.807) is 12.3 Å². The van der Waals surface area contributed by atoms with Crippen LogP contribution in [0, 0.1) is 0 Å². The Morgan fingerprint density at radius 3 is 2.75 bits per heavy atom. The largest absolute Gasteiger partial charge is 0.464 e. The van der Waals surface area contributed by atoms with Crippen LogP contribution in [0.2, 0.25) is 0 Å². The second kappa shape index (κ2) is 6.22. The first-order chi connectivity index (χ1) is 9.57. The van der Waals surface area contributed by atoms with Gasteiger partial charge in [0.05, 0.1) is 7.11 Å². The van der Waals surface area contributed by atoms with Crippen molar-refractivity contribution in [1.29, 1.82) is 0 Å². The molecule has 1 aliphatic rings. The van der Waals surface area contributed by atoms with Crippen LogP contribution in [0.25, 0.3) is 0 Å². The van der Waals surface area contributed by atoms with Crippen molar-refractivity contribution < 1.29 is 9.53 Å². The van der Waals surface area contributed by atoms with E-state index in [4.69, 9.17) is 0 Å². The first-order valence-corrected chi connectivity index (χ1v) is 7.03. The van der Waals surface area contributed by atoms with E-state index in [9.17, 15) is 4.79 Å². The molecule has 0 atom stereocenters. The van der Waals surface area contributed by atoms with Crippen LogP contribution in [0.15, 0.2) is 18.3 Å². The lowest BCUT2D eigenvalue weighted by Gasteiger charge is -2.36. The Labute approximate surface area is 120 Å². The molecule has 1 heterocycles. The van der Waals surface area contributed by atoms with E-state index >= 15 is 0 Å². The highest BCUT2D eigenvalue weighted by molar-refractivity contribution is 5.88. The Morgan fingerprint density at radius 1 is 1.45 bits per heavy atom. The van der Waals surface area contributed by atoms with E-state index in [0.29, 0.717) is 5.69 Å². The molecule has 0 saturated heterocycles. The molecule has 1 fully saturated rings. The maximum absolute atomic E-state index is 11.5. The van der Waals surface area contributed by atoms with Gasteiger partial charge in [-0.15, -0.1) is 0 Å². The van der Waals surface area contributed by atoms with Crippen molar-refractivity contribution in [3.05, 3.63) is 24.0 Å². The van der Waals surface area contributed by atoms with Gasteiger partial charge >= 0.3 is 5.97 Å². The molecule has 0 aromatic carbocycles. The zero-order valence-electron chi connectivity index (χ0n) is 12.5. The van der Waals surface area contributed by atoms with Crippen molar-refractivity contribution in [2.24, 2.45) is 0 Å². The Bertz CT molecular complexity index is 468. The summed E-state index contributed by atoms with van der Waals surface area (Å²) < 4.78 is 4.69. The van der Waals surface area contributed by atoms with E-state index in [1.165, 1.54) is 32.8 Å². The molecule has 1 saturated carbocycles. The zero-order chi connectivity index (χ0) is 14.6. The van der Waals surface area contributed by atoms with Crippen molar-refractivity contribution in [2.75, 3.05) is 33.1 Å². The summed E-state index contributed by atoms with van der Waals surface area (Å²) >= 11 is 0. The molecule has 2 rings (SSSR count). The van der Waals surface area contributed by atoms with E-state index in [-0.39, 0.29) is 5.54 Å². The molecule has 1 N–H and O–H groups in total. The number of carbonyl (C=O) groups excluding carboxylic acids is 1. The molecule has 1 aromatic heterocycles.